The summed E-state index contributed by atoms with van der Waals surface area (Å²) in [6.07, 6.45) is 1.35. The van der Waals surface area contributed by atoms with Gasteiger partial charge in [0.15, 0.2) is 0 Å². The molecular weight excluding hydrogens is 348 g/mol. The number of rotatable bonds is 8. The highest BCUT2D eigenvalue weighted by Crippen LogP contribution is 2.16. The number of esters is 1. The topological polar surface area (TPSA) is 115 Å². The number of benzene rings is 1. The summed E-state index contributed by atoms with van der Waals surface area (Å²) in [7, 11) is -2.52. The predicted octanol–water partition coefficient (Wildman–Crippen LogP) is 1.65. The smallest absolute Gasteiger partial charge is 0.306 e. The first-order valence-corrected chi connectivity index (χ1v) is 8.88. The van der Waals surface area contributed by atoms with Gasteiger partial charge in [-0.25, -0.2) is 13.1 Å². The van der Waals surface area contributed by atoms with Crippen molar-refractivity contribution in [3.63, 3.8) is 0 Å². The second-order valence-electron chi connectivity index (χ2n) is 5.06. The summed E-state index contributed by atoms with van der Waals surface area (Å²) >= 11 is 0. The maximum atomic E-state index is 12.3. The summed E-state index contributed by atoms with van der Waals surface area (Å²) in [5.74, 6) is -0.423. The molecule has 25 heavy (non-hydrogen) atoms. The van der Waals surface area contributed by atoms with E-state index in [1.54, 1.807) is 18.2 Å². The van der Waals surface area contributed by atoms with Crippen LogP contribution < -0.4 is 10.0 Å². The first-order chi connectivity index (χ1) is 11.9. The molecule has 2 aromatic rings. The molecule has 1 aromatic heterocycles. The lowest BCUT2D eigenvalue weighted by Crippen LogP contribution is -2.23. The molecule has 1 aromatic carbocycles. The molecule has 0 aliphatic heterocycles. The zero-order valence-corrected chi connectivity index (χ0v) is 14.3. The lowest BCUT2D eigenvalue weighted by molar-refractivity contribution is -0.141. The number of sulfonamides is 1. The molecular formula is C16H18N2O6S. The molecule has 2 N–H and O–H groups in total. The van der Waals surface area contributed by atoms with E-state index >= 15 is 0 Å². The van der Waals surface area contributed by atoms with Gasteiger partial charge in [0.1, 0.15) is 5.76 Å². The van der Waals surface area contributed by atoms with Gasteiger partial charge in [0, 0.05) is 12.1 Å². The highest BCUT2D eigenvalue weighted by atomic mass is 32.2. The molecule has 134 valence electrons. The Morgan fingerprint density at radius 3 is 2.64 bits per heavy atom. The Balaban J connectivity index is 1.99. The average molecular weight is 366 g/mol. The molecule has 8 nitrogen and oxygen atoms in total. The number of furan rings is 1. The number of ether oxygens (including phenoxy) is 1. The molecule has 0 fully saturated rings. The lowest BCUT2D eigenvalue weighted by Gasteiger charge is -2.09. The van der Waals surface area contributed by atoms with Crippen LogP contribution in [0.1, 0.15) is 18.6 Å². The Morgan fingerprint density at radius 2 is 1.96 bits per heavy atom. The molecule has 0 bridgehead atoms. The predicted molar refractivity (Wildman–Crippen MR) is 89.1 cm³/mol. The van der Waals surface area contributed by atoms with Crippen LogP contribution in [-0.4, -0.2) is 27.4 Å². The van der Waals surface area contributed by atoms with Crippen molar-refractivity contribution in [3.05, 3.63) is 48.4 Å². The molecule has 2 rings (SSSR count). The molecule has 1 amide bonds. The van der Waals surface area contributed by atoms with E-state index in [-0.39, 0.29) is 24.3 Å². The van der Waals surface area contributed by atoms with E-state index in [0.29, 0.717) is 11.4 Å². The van der Waals surface area contributed by atoms with E-state index < -0.39 is 21.9 Å². The minimum absolute atomic E-state index is 0.00447. The van der Waals surface area contributed by atoms with Gasteiger partial charge in [-0.1, -0.05) is 6.07 Å². The van der Waals surface area contributed by atoms with Crippen molar-refractivity contribution in [2.45, 2.75) is 24.3 Å². The normalized spacial score (nSPS) is 11.1. The van der Waals surface area contributed by atoms with E-state index in [1.165, 1.54) is 31.6 Å². The van der Waals surface area contributed by atoms with Crippen LogP contribution in [0.2, 0.25) is 0 Å². The molecule has 0 aliphatic carbocycles. The third-order valence-electron chi connectivity index (χ3n) is 3.23. The zero-order valence-electron chi connectivity index (χ0n) is 13.5. The first-order valence-electron chi connectivity index (χ1n) is 7.39. The molecule has 1 heterocycles. The molecule has 0 unspecified atom stereocenters. The van der Waals surface area contributed by atoms with Crippen LogP contribution in [0.5, 0.6) is 0 Å². The molecule has 0 saturated carbocycles. The van der Waals surface area contributed by atoms with Crippen LogP contribution in [0.3, 0.4) is 0 Å². The largest absolute Gasteiger partial charge is 0.469 e. The van der Waals surface area contributed by atoms with Crippen molar-refractivity contribution in [2.75, 3.05) is 12.4 Å². The fourth-order valence-electron chi connectivity index (χ4n) is 1.94. The SMILES string of the molecule is COC(=O)CCC(=O)Nc1cccc(S(=O)(=O)NCc2ccco2)c1. The zero-order chi connectivity index (χ0) is 18.3. The lowest BCUT2D eigenvalue weighted by atomic mass is 10.2. The molecule has 0 atom stereocenters. The third kappa shape index (κ3) is 5.73. The number of hydrogen-bond donors (Lipinski definition) is 2. The molecule has 0 aliphatic rings. The average Bonchev–Trinajstić information content (AvgIpc) is 3.12. The quantitative estimate of drug-likeness (QED) is 0.687. The summed E-state index contributed by atoms with van der Waals surface area (Å²) in [4.78, 5) is 22.8. The Morgan fingerprint density at radius 1 is 1.16 bits per heavy atom. The highest BCUT2D eigenvalue weighted by Gasteiger charge is 2.15. The maximum Gasteiger partial charge on any atom is 0.306 e. The van der Waals surface area contributed by atoms with Crippen molar-refractivity contribution in [1.82, 2.24) is 4.72 Å². The maximum absolute atomic E-state index is 12.3. The Hall–Kier alpha value is -2.65. The molecule has 9 heteroatoms. The Labute approximate surface area is 145 Å². The number of anilines is 1. The number of carbonyl (C=O) groups excluding carboxylic acids is 2. The Bertz CT molecular complexity index is 830. The second kappa shape index (κ2) is 8.45. The number of nitrogens with one attached hydrogen (secondary N) is 2. The molecule has 0 radical (unpaired) electrons. The summed E-state index contributed by atoms with van der Waals surface area (Å²) < 4.78 is 36.5. The second-order valence-corrected chi connectivity index (χ2v) is 6.82. The number of carbonyl (C=O) groups is 2. The van der Waals surface area contributed by atoms with Crippen molar-refractivity contribution in [2.24, 2.45) is 0 Å². The van der Waals surface area contributed by atoms with Crippen molar-refractivity contribution >= 4 is 27.6 Å². The standard InChI is InChI=1S/C16H18N2O6S/c1-23-16(20)8-7-15(19)18-12-4-2-6-14(10-12)25(21,22)17-11-13-5-3-9-24-13/h2-6,9-10,17H,7-8,11H2,1H3,(H,18,19). The van der Waals surface area contributed by atoms with Crippen LogP contribution in [0.25, 0.3) is 0 Å². The minimum atomic E-state index is -3.76. The van der Waals surface area contributed by atoms with E-state index in [4.69, 9.17) is 4.42 Å². The minimum Gasteiger partial charge on any atom is -0.469 e. The molecule has 0 spiro atoms. The van der Waals surface area contributed by atoms with Gasteiger partial charge in [-0.15, -0.1) is 0 Å². The monoisotopic (exact) mass is 366 g/mol. The van der Waals surface area contributed by atoms with Gasteiger partial charge >= 0.3 is 5.97 Å². The molecule has 0 saturated heterocycles. The Kier molecular flexibility index (Phi) is 6.31. The van der Waals surface area contributed by atoms with E-state index in [1.807, 2.05) is 0 Å². The number of methoxy groups -OCH3 is 1. The van der Waals surface area contributed by atoms with Crippen LogP contribution >= 0.6 is 0 Å². The summed E-state index contributed by atoms with van der Waals surface area (Å²) in [5, 5.41) is 2.55. The van der Waals surface area contributed by atoms with Gasteiger partial charge in [-0.05, 0) is 30.3 Å². The number of hydrogen-bond acceptors (Lipinski definition) is 6. The summed E-state index contributed by atoms with van der Waals surface area (Å²) in [6.45, 7) is 0.0189. The summed E-state index contributed by atoms with van der Waals surface area (Å²) in [6, 6.07) is 9.13. The van der Waals surface area contributed by atoms with Crippen molar-refractivity contribution < 1.29 is 27.2 Å². The van der Waals surface area contributed by atoms with Crippen LogP contribution in [0.15, 0.2) is 52.0 Å². The third-order valence-corrected chi connectivity index (χ3v) is 4.63. The van der Waals surface area contributed by atoms with Gasteiger partial charge in [0.25, 0.3) is 0 Å². The van der Waals surface area contributed by atoms with Crippen molar-refractivity contribution in [1.29, 1.82) is 0 Å². The van der Waals surface area contributed by atoms with Crippen LogP contribution in [-0.2, 0) is 30.9 Å². The van der Waals surface area contributed by atoms with Gasteiger partial charge in [-0.2, -0.15) is 0 Å². The highest BCUT2D eigenvalue weighted by molar-refractivity contribution is 7.89. The summed E-state index contributed by atoms with van der Waals surface area (Å²) in [5.41, 5.74) is 0.315. The van der Waals surface area contributed by atoms with Gasteiger partial charge in [0.05, 0.1) is 31.2 Å². The van der Waals surface area contributed by atoms with Gasteiger partial charge in [0.2, 0.25) is 15.9 Å². The van der Waals surface area contributed by atoms with Crippen LogP contribution in [0, 0.1) is 0 Å². The fourth-order valence-corrected chi connectivity index (χ4v) is 2.98. The fraction of sp³-hybridized carbons (Fsp3) is 0.250. The van der Waals surface area contributed by atoms with E-state index in [2.05, 4.69) is 14.8 Å². The van der Waals surface area contributed by atoms with Crippen molar-refractivity contribution in [3.8, 4) is 0 Å². The first kappa shape index (κ1) is 18.7. The van der Waals surface area contributed by atoms with Gasteiger partial charge < -0.3 is 14.5 Å². The van der Waals surface area contributed by atoms with E-state index in [9.17, 15) is 18.0 Å². The van der Waals surface area contributed by atoms with E-state index in [0.717, 1.165) is 0 Å². The van der Waals surface area contributed by atoms with Gasteiger partial charge in [-0.3, -0.25) is 9.59 Å². The van der Waals surface area contributed by atoms with Crippen LogP contribution in [0.4, 0.5) is 5.69 Å². The number of amides is 1.